The lowest BCUT2D eigenvalue weighted by atomic mass is 10.1. The minimum absolute atomic E-state index is 0.0746. The quantitative estimate of drug-likeness (QED) is 0.856. The van der Waals surface area contributed by atoms with Gasteiger partial charge in [-0.25, -0.2) is 4.98 Å². The van der Waals surface area contributed by atoms with Crippen molar-refractivity contribution in [2.75, 3.05) is 31.1 Å². The number of piperazine rings is 1. The monoisotopic (exact) mass is 326 g/mol. The number of anilines is 1. The van der Waals surface area contributed by atoms with Crippen LogP contribution in [0.1, 0.15) is 21.5 Å². The van der Waals surface area contributed by atoms with Crippen LogP contribution in [0.2, 0.25) is 0 Å². The molecule has 126 valence electrons. The fraction of sp³-hybridized carbons (Fsp3) is 0.333. The Morgan fingerprint density at radius 1 is 1.08 bits per heavy atom. The molecule has 3 rings (SSSR count). The zero-order chi connectivity index (χ0) is 16.9. The minimum atomic E-state index is -0.440. The summed E-state index contributed by atoms with van der Waals surface area (Å²) in [5.41, 5.74) is 8.08. The number of primary amides is 1. The summed E-state index contributed by atoms with van der Waals surface area (Å²) in [4.78, 5) is 20.4. The van der Waals surface area contributed by atoms with Gasteiger partial charge in [0.15, 0.2) is 0 Å². The van der Waals surface area contributed by atoms with E-state index in [9.17, 15) is 4.79 Å². The van der Waals surface area contributed by atoms with Gasteiger partial charge in [-0.2, -0.15) is 0 Å². The number of hydrogen-bond donors (Lipinski definition) is 2. The molecular weight excluding hydrogens is 304 g/mol. The number of amides is 1. The molecule has 1 aromatic carbocycles. The van der Waals surface area contributed by atoms with Crippen LogP contribution < -0.4 is 10.6 Å². The van der Waals surface area contributed by atoms with Gasteiger partial charge in [-0.1, -0.05) is 24.3 Å². The molecule has 0 radical (unpaired) electrons. The predicted molar refractivity (Wildman–Crippen MR) is 92.6 cm³/mol. The molecule has 1 aliphatic rings. The molecule has 2 heterocycles. The van der Waals surface area contributed by atoms with Gasteiger partial charge in [0, 0.05) is 38.9 Å². The summed E-state index contributed by atoms with van der Waals surface area (Å²) in [6.07, 6.45) is 1.69. The van der Waals surface area contributed by atoms with Crippen LogP contribution in [-0.2, 0) is 13.2 Å². The van der Waals surface area contributed by atoms with Crippen LogP contribution >= 0.6 is 0 Å². The lowest BCUT2D eigenvalue weighted by molar-refractivity contribution is 0.1000. The Bertz CT molecular complexity index is 694. The zero-order valence-electron chi connectivity index (χ0n) is 13.6. The Kier molecular flexibility index (Phi) is 5.08. The van der Waals surface area contributed by atoms with E-state index >= 15 is 0 Å². The van der Waals surface area contributed by atoms with Crippen molar-refractivity contribution in [3.63, 3.8) is 0 Å². The van der Waals surface area contributed by atoms with E-state index in [1.165, 1.54) is 5.56 Å². The Labute approximate surface area is 141 Å². The van der Waals surface area contributed by atoms with Gasteiger partial charge in [-0.05, 0) is 23.3 Å². The number of aromatic nitrogens is 1. The Balaban J connectivity index is 1.60. The van der Waals surface area contributed by atoms with Crippen LogP contribution in [0.15, 0.2) is 42.6 Å². The van der Waals surface area contributed by atoms with Gasteiger partial charge in [0.2, 0.25) is 0 Å². The van der Waals surface area contributed by atoms with Crippen LogP contribution in [0.3, 0.4) is 0 Å². The highest BCUT2D eigenvalue weighted by Crippen LogP contribution is 2.19. The number of rotatable bonds is 5. The highest BCUT2D eigenvalue weighted by atomic mass is 16.3. The average Bonchev–Trinajstić information content (AvgIpc) is 2.63. The third kappa shape index (κ3) is 3.72. The second-order valence-corrected chi connectivity index (χ2v) is 5.98. The number of aliphatic hydroxyl groups excluding tert-OH is 1. The number of pyridine rings is 1. The Hall–Kier alpha value is -2.44. The standard InChI is InChI=1S/C18H22N4O2/c19-17(24)16-2-1-7-20-18(16)22-10-8-21(9-11-22)12-14-3-5-15(13-23)6-4-14/h1-7,23H,8-13H2,(H2,19,24). The summed E-state index contributed by atoms with van der Waals surface area (Å²) >= 11 is 0. The molecule has 24 heavy (non-hydrogen) atoms. The molecule has 0 unspecified atom stereocenters. The first-order valence-electron chi connectivity index (χ1n) is 8.08. The zero-order valence-corrected chi connectivity index (χ0v) is 13.6. The summed E-state index contributed by atoms with van der Waals surface area (Å²) in [6.45, 7) is 4.38. The number of carbonyl (C=O) groups is 1. The van der Waals surface area contributed by atoms with Crippen LogP contribution in [0.25, 0.3) is 0 Å². The molecule has 1 fully saturated rings. The lowest BCUT2D eigenvalue weighted by Crippen LogP contribution is -2.46. The fourth-order valence-electron chi connectivity index (χ4n) is 2.97. The fourth-order valence-corrected chi connectivity index (χ4v) is 2.97. The summed E-state index contributed by atoms with van der Waals surface area (Å²) < 4.78 is 0. The number of carbonyl (C=O) groups excluding carboxylic acids is 1. The van der Waals surface area contributed by atoms with Crippen molar-refractivity contribution >= 4 is 11.7 Å². The maximum atomic E-state index is 11.5. The van der Waals surface area contributed by atoms with Crippen molar-refractivity contribution in [3.8, 4) is 0 Å². The maximum Gasteiger partial charge on any atom is 0.252 e. The van der Waals surface area contributed by atoms with Gasteiger partial charge >= 0.3 is 0 Å². The SMILES string of the molecule is NC(=O)c1cccnc1N1CCN(Cc2ccc(CO)cc2)CC1. The third-order valence-electron chi connectivity index (χ3n) is 4.34. The summed E-state index contributed by atoms with van der Waals surface area (Å²) in [6, 6.07) is 11.5. The molecule has 1 aliphatic heterocycles. The number of benzene rings is 1. The highest BCUT2D eigenvalue weighted by Gasteiger charge is 2.21. The molecule has 0 atom stereocenters. The predicted octanol–water partition coefficient (Wildman–Crippen LogP) is 0.995. The van der Waals surface area contributed by atoms with Crippen molar-refractivity contribution in [3.05, 3.63) is 59.3 Å². The molecule has 6 nitrogen and oxygen atoms in total. The van der Waals surface area contributed by atoms with E-state index in [1.807, 2.05) is 12.1 Å². The molecule has 0 aliphatic carbocycles. The third-order valence-corrected chi connectivity index (χ3v) is 4.34. The van der Waals surface area contributed by atoms with Crippen molar-refractivity contribution < 1.29 is 9.90 Å². The normalized spacial score (nSPS) is 15.5. The number of nitrogens with two attached hydrogens (primary N) is 1. The molecule has 1 aromatic heterocycles. The van der Waals surface area contributed by atoms with Crippen molar-refractivity contribution in [1.82, 2.24) is 9.88 Å². The number of hydrogen-bond acceptors (Lipinski definition) is 5. The molecule has 6 heteroatoms. The second kappa shape index (κ2) is 7.42. The average molecular weight is 326 g/mol. The Morgan fingerprint density at radius 3 is 2.38 bits per heavy atom. The van der Waals surface area contributed by atoms with E-state index in [4.69, 9.17) is 10.8 Å². The summed E-state index contributed by atoms with van der Waals surface area (Å²) in [5, 5.41) is 9.09. The smallest absolute Gasteiger partial charge is 0.252 e. The van der Waals surface area contributed by atoms with Crippen LogP contribution in [-0.4, -0.2) is 47.1 Å². The van der Waals surface area contributed by atoms with Crippen LogP contribution in [0, 0.1) is 0 Å². The van der Waals surface area contributed by atoms with Gasteiger partial charge < -0.3 is 15.7 Å². The first-order chi connectivity index (χ1) is 11.7. The maximum absolute atomic E-state index is 11.5. The van der Waals surface area contributed by atoms with E-state index in [1.54, 1.807) is 18.3 Å². The molecule has 0 bridgehead atoms. The van der Waals surface area contributed by atoms with Gasteiger partial charge in [0.05, 0.1) is 12.2 Å². The molecule has 3 N–H and O–H groups in total. The largest absolute Gasteiger partial charge is 0.392 e. The highest BCUT2D eigenvalue weighted by molar-refractivity contribution is 5.97. The van der Waals surface area contributed by atoms with Crippen LogP contribution in [0.5, 0.6) is 0 Å². The molecule has 2 aromatic rings. The Morgan fingerprint density at radius 2 is 1.75 bits per heavy atom. The van der Waals surface area contributed by atoms with E-state index < -0.39 is 5.91 Å². The molecule has 0 saturated carbocycles. The van der Waals surface area contributed by atoms with Gasteiger partial charge in [-0.3, -0.25) is 9.69 Å². The number of aliphatic hydroxyl groups is 1. The van der Waals surface area contributed by atoms with Gasteiger partial charge in [0.25, 0.3) is 5.91 Å². The number of nitrogens with zero attached hydrogens (tertiary/aromatic N) is 3. The first-order valence-corrected chi connectivity index (χ1v) is 8.08. The van der Waals surface area contributed by atoms with E-state index in [2.05, 4.69) is 26.9 Å². The van der Waals surface area contributed by atoms with Crippen molar-refractivity contribution in [1.29, 1.82) is 0 Å². The van der Waals surface area contributed by atoms with E-state index in [-0.39, 0.29) is 6.61 Å². The second-order valence-electron chi connectivity index (χ2n) is 5.98. The summed E-state index contributed by atoms with van der Waals surface area (Å²) in [5.74, 6) is 0.237. The van der Waals surface area contributed by atoms with E-state index in [0.717, 1.165) is 38.3 Å². The summed E-state index contributed by atoms with van der Waals surface area (Å²) in [7, 11) is 0. The van der Waals surface area contributed by atoms with Crippen molar-refractivity contribution in [2.24, 2.45) is 5.73 Å². The molecular formula is C18H22N4O2. The lowest BCUT2D eigenvalue weighted by Gasteiger charge is -2.36. The molecule has 1 amide bonds. The van der Waals surface area contributed by atoms with E-state index in [0.29, 0.717) is 11.4 Å². The molecule has 1 saturated heterocycles. The minimum Gasteiger partial charge on any atom is -0.392 e. The van der Waals surface area contributed by atoms with Gasteiger partial charge in [-0.15, -0.1) is 0 Å². The topological polar surface area (TPSA) is 82.7 Å². The molecule has 0 spiro atoms. The van der Waals surface area contributed by atoms with Crippen LogP contribution in [0.4, 0.5) is 5.82 Å². The van der Waals surface area contributed by atoms with Gasteiger partial charge in [0.1, 0.15) is 5.82 Å². The van der Waals surface area contributed by atoms with Crippen molar-refractivity contribution in [2.45, 2.75) is 13.2 Å². The first kappa shape index (κ1) is 16.4.